The minimum absolute atomic E-state index is 0.0574. The zero-order valence-corrected chi connectivity index (χ0v) is 11.6. The molecule has 1 fully saturated rings. The Balaban J connectivity index is 1.95. The van der Waals surface area contributed by atoms with Crippen LogP contribution in [-0.2, 0) is 4.79 Å². The van der Waals surface area contributed by atoms with Gasteiger partial charge < -0.3 is 15.2 Å². The van der Waals surface area contributed by atoms with Crippen LogP contribution in [0.1, 0.15) is 39.0 Å². The number of carbonyl (C=O) groups is 1. The highest BCUT2D eigenvalue weighted by Gasteiger charge is 2.33. The maximum Gasteiger partial charge on any atom is 0.227 e. The zero-order chi connectivity index (χ0) is 14.6. The Labute approximate surface area is 117 Å². The van der Waals surface area contributed by atoms with Crippen molar-refractivity contribution < 1.29 is 19.0 Å². The zero-order valence-electron chi connectivity index (χ0n) is 11.6. The van der Waals surface area contributed by atoms with Gasteiger partial charge in [0, 0.05) is 11.8 Å². The molecule has 0 aromatic heterocycles. The molecule has 1 amide bonds. The van der Waals surface area contributed by atoms with E-state index in [1.165, 1.54) is 12.1 Å². The minimum Gasteiger partial charge on any atom is -0.491 e. The quantitative estimate of drug-likeness (QED) is 0.872. The van der Waals surface area contributed by atoms with Crippen LogP contribution in [0, 0.1) is 5.82 Å². The molecule has 20 heavy (non-hydrogen) atoms. The van der Waals surface area contributed by atoms with Crippen molar-refractivity contribution in [1.82, 2.24) is 0 Å². The fourth-order valence-corrected chi connectivity index (χ4v) is 2.57. The Morgan fingerprint density at radius 2 is 2.15 bits per heavy atom. The monoisotopic (exact) mass is 281 g/mol. The second-order valence-electron chi connectivity index (χ2n) is 5.23. The molecular weight excluding hydrogens is 261 g/mol. The Bertz CT molecular complexity index is 484. The summed E-state index contributed by atoms with van der Waals surface area (Å²) in [5.74, 6) is -0.637. The Kier molecular flexibility index (Phi) is 4.60. The second kappa shape index (κ2) is 6.22. The van der Waals surface area contributed by atoms with Crippen molar-refractivity contribution in [3.8, 4) is 5.75 Å². The summed E-state index contributed by atoms with van der Waals surface area (Å²) in [6.07, 6.45) is 3.25. The highest BCUT2D eigenvalue weighted by atomic mass is 19.1. The maximum absolute atomic E-state index is 13.6. The molecule has 0 saturated heterocycles. The lowest BCUT2D eigenvalue weighted by atomic mass is 9.97. The number of rotatable bonds is 5. The van der Waals surface area contributed by atoms with Crippen molar-refractivity contribution in [3.63, 3.8) is 0 Å². The van der Waals surface area contributed by atoms with E-state index in [9.17, 15) is 14.3 Å². The molecule has 1 saturated carbocycles. The van der Waals surface area contributed by atoms with Gasteiger partial charge in [-0.25, -0.2) is 4.39 Å². The van der Waals surface area contributed by atoms with Crippen LogP contribution >= 0.6 is 0 Å². The molecule has 0 atom stereocenters. The van der Waals surface area contributed by atoms with E-state index in [0.717, 1.165) is 12.8 Å². The van der Waals surface area contributed by atoms with Crippen molar-refractivity contribution in [2.24, 2.45) is 0 Å². The smallest absolute Gasteiger partial charge is 0.227 e. The summed E-state index contributed by atoms with van der Waals surface area (Å²) in [6, 6.07) is 4.30. The van der Waals surface area contributed by atoms with Crippen LogP contribution in [0.5, 0.6) is 5.75 Å². The Morgan fingerprint density at radius 1 is 1.45 bits per heavy atom. The number of amides is 1. The number of hydrogen-bond acceptors (Lipinski definition) is 3. The third kappa shape index (κ3) is 3.70. The molecule has 0 unspecified atom stereocenters. The van der Waals surface area contributed by atoms with Gasteiger partial charge in [0.25, 0.3) is 0 Å². The number of hydrogen-bond donors (Lipinski definition) is 2. The average Bonchev–Trinajstić information content (AvgIpc) is 2.79. The second-order valence-corrected chi connectivity index (χ2v) is 5.23. The number of aliphatic hydroxyl groups is 1. The van der Waals surface area contributed by atoms with Crippen molar-refractivity contribution in [2.75, 3.05) is 11.9 Å². The molecule has 1 aliphatic carbocycles. The molecule has 4 nitrogen and oxygen atoms in total. The number of nitrogens with one attached hydrogen (secondary N) is 1. The summed E-state index contributed by atoms with van der Waals surface area (Å²) in [5.41, 5.74) is -0.522. The number of anilines is 1. The van der Waals surface area contributed by atoms with E-state index in [1.807, 2.05) is 0 Å². The van der Waals surface area contributed by atoms with Crippen LogP contribution < -0.4 is 10.1 Å². The van der Waals surface area contributed by atoms with Crippen molar-refractivity contribution >= 4 is 11.6 Å². The topological polar surface area (TPSA) is 58.6 Å². The van der Waals surface area contributed by atoms with Gasteiger partial charge in [-0.2, -0.15) is 0 Å². The van der Waals surface area contributed by atoms with Crippen LogP contribution in [0.4, 0.5) is 10.1 Å². The molecule has 1 aliphatic rings. The predicted molar refractivity (Wildman–Crippen MR) is 74.2 cm³/mol. The van der Waals surface area contributed by atoms with E-state index in [2.05, 4.69) is 5.32 Å². The first-order valence-corrected chi connectivity index (χ1v) is 6.97. The summed E-state index contributed by atoms with van der Waals surface area (Å²) in [5, 5.41) is 12.8. The summed E-state index contributed by atoms with van der Waals surface area (Å²) in [7, 11) is 0. The standard InChI is InChI=1S/C15H20FNO3/c1-2-20-13-6-5-11(9-12(13)16)17-14(18)10-15(19)7-3-4-8-15/h5-6,9,19H,2-4,7-8,10H2,1H3,(H,17,18). The van der Waals surface area contributed by atoms with Crippen LogP contribution in [-0.4, -0.2) is 23.2 Å². The van der Waals surface area contributed by atoms with E-state index in [0.29, 0.717) is 25.1 Å². The molecule has 2 rings (SSSR count). The summed E-state index contributed by atoms with van der Waals surface area (Å²) in [4.78, 5) is 11.9. The molecule has 0 aliphatic heterocycles. The highest BCUT2D eigenvalue weighted by molar-refractivity contribution is 5.91. The van der Waals surface area contributed by atoms with Crippen LogP contribution in [0.25, 0.3) is 0 Å². The molecule has 2 N–H and O–H groups in total. The number of ether oxygens (including phenoxy) is 1. The molecule has 5 heteroatoms. The van der Waals surface area contributed by atoms with Crippen LogP contribution in [0.15, 0.2) is 18.2 Å². The average molecular weight is 281 g/mol. The van der Waals surface area contributed by atoms with Gasteiger partial charge >= 0.3 is 0 Å². The third-order valence-electron chi connectivity index (χ3n) is 3.54. The van der Waals surface area contributed by atoms with Crippen LogP contribution in [0.3, 0.4) is 0 Å². The van der Waals surface area contributed by atoms with Gasteiger partial charge in [0.15, 0.2) is 11.6 Å². The SMILES string of the molecule is CCOc1ccc(NC(=O)CC2(O)CCCC2)cc1F. The molecule has 0 heterocycles. The van der Waals surface area contributed by atoms with Gasteiger partial charge in [0.05, 0.1) is 18.6 Å². The molecular formula is C15H20FNO3. The lowest BCUT2D eigenvalue weighted by Gasteiger charge is -2.21. The summed E-state index contributed by atoms with van der Waals surface area (Å²) >= 11 is 0. The molecule has 0 bridgehead atoms. The van der Waals surface area contributed by atoms with Gasteiger partial charge in [-0.15, -0.1) is 0 Å². The largest absolute Gasteiger partial charge is 0.491 e. The van der Waals surface area contributed by atoms with E-state index >= 15 is 0 Å². The fraction of sp³-hybridized carbons (Fsp3) is 0.533. The number of benzene rings is 1. The summed E-state index contributed by atoms with van der Waals surface area (Å²) < 4.78 is 18.7. The molecule has 1 aromatic rings. The third-order valence-corrected chi connectivity index (χ3v) is 3.54. The highest BCUT2D eigenvalue weighted by Crippen LogP contribution is 2.32. The lowest BCUT2D eigenvalue weighted by molar-refractivity contribution is -0.120. The van der Waals surface area contributed by atoms with Gasteiger partial charge in [-0.1, -0.05) is 12.8 Å². The molecule has 0 spiro atoms. The van der Waals surface area contributed by atoms with Crippen molar-refractivity contribution in [1.29, 1.82) is 0 Å². The van der Waals surface area contributed by atoms with E-state index in [4.69, 9.17) is 4.74 Å². The van der Waals surface area contributed by atoms with Crippen LogP contribution in [0.2, 0.25) is 0 Å². The Morgan fingerprint density at radius 3 is 2.75 bits per heavy atom. The van der Waals surface area contributed by atoms with Gasteiger partial charge in [-0.05, 0) is 31.9 Å². The lowest BCUT2D eigenvalue weighted by Crippen LogP contribution is -2.30. The van der Waals surface area contributed by atoms with Gasteiger partial charge in [-0.3, -0.25) is 4.79 Å². The first kappa shape index (κ1) is 14.8. The molecule has 1 aromatic carbocycles. The number of carbonyl (C=O) groups excluding carboxylic acids is 1. The minimum atomic E-state index is -0.895. The van der Waals surface area contributed by atoms with Crippen molar-refractivity contribution in [2.45, 2.75) is 44.6 Å². The Hall–Kier alpha value is -1.62. The van der Waals surface area contributed by atoms with E-state index in [1.54, 1.807) is 13.0 Å². The number of halogens is 1. The summed E-state index contributed by atoms with van der Waals surface area (Å²) in [6.45, 7) is 2.16. The first-order chi connectivity index (χ1) is 9.52. The fourth-order valence-electron chi connectivity index (χ4n) is 2.57. The van der Waals surface area contributed by atoms with Gasteiger partial charge in [0.2, 0.25) is 5.91 Å². The molecule has 110 valence electrons. The predicted octanol–water partition coefficient (Wildman–Crippen LogP) is 2.86. The van der Waals surface area contributed by atoms with E-state index < -0.39 is 11.4 Å². The molecule has 0 radical (unpaired) electrons. The van der Waals surface area contributed by atoms with E-state index in [-0.39, 0.29) is 18.1 Å². The first-order valence-electron chi connectivity index (χ1n) is 6.97. The van der Waals surface area contributed by atoms with Gasteiger partial charge in [0.1, 0.15) is 0 Å². The normalized spacial score (nSPS) is 16.9. The maximum atomic E-state index is 13.6. The van der Waals surface area contributed by atoms with Crippen molar-refractivity contribution in [3.05, 3.63) is 24.0 Å².